The molecule has 0 saturated heterocycles. The number of esters is 1. The zero-order chi connectivity index (χ0) is 13.1. The van der Waals surface area contributed by atoms with Crippen LogP contribution in [0.5, 0.6) is 5.75 Å². The third-order valence-electron chi connectivity index (χ3n) is 2.07. The number of halogens is 1. The maximum atomic E-state index is 11.3. The van der Waals surface area contributed by atoms with Gasteiger partial charge in [-0.2, -0.15) is 0 Å². The Morgan fingerprint density at radius 1 is 1.35 bits per heavy atom. The van der Waals surface area contributed by atoms with Gasteiger partial charge in [-0.25, -0.2) is 8.42 Å². The van der Waals surface area contributed by atoms with E-state index in [1.54, 1.807) is 6.07 Å². The number of rotatable bonds is 4. The minimum Gasteiger partial charge on any atom is -0.495 e. The fraction of sp³-hybridized carbons (Fsp3) is 0.300. The molecule has 0 N–H and O–H groups in total. The van der Waals surface area contributed by atoms with E-state index < -0.39 is 15.0 Å². The van der Waals surface area contributed by atoms with Gasteiger partial charge in [0, 0.05) is 10.7 Å². The van der Waals surface area contributed by atoms with Gasteiger partial charge in [-0.15, -0.1) is 0 Å². The molecule has 0 fully saturated rings. The highest BCUT2D eigenvalue weighted by Gasteiger charge is 2.18. The van der Waals surface area contributed by atoms with Crippen molar-refractivity contribution in [1.29, 1.82) is 0 Å². The van der Waals surface area contributed by atoms with E-state index >= 15 is 0 Å². The van der Waals surface area contributed by atoms with Crippen molar-refractivity contribution in [1.82, 2.24) is 0 Å². The summed E-state index contributed by atoms with van der Waals surface area (Å²) >= 11 is 0. The van der Waals surface area contributed by atoms with Crippen molar-refractivity contribution in [2.24, 2.45) is 0 Å². The molecule has 1 aromatic carbocycles. The molecule has 94 valence electrons. The molecule has 0 bridgehead atoms. The molecule has 0 radical (unpaired) electrons. The molecule has 0 heterocycles. The van der Waals surface area contributed by atoms with Gasteiger partial charge in [0.1, 0.15) is 10.6 Å². The topological polar surface area (TPSA) is 69.7 Å². The van der Waals surface area contributed by atoms with Crippen molar-refractivity contribution >= 4 is 25.7 Å². The largest absolute Gasteiger partial charge is 0.495 e. The summed E-state index contributed by atoms with van der Waals surface area (Å²) in [6.07, 6.45) is -0.0279. The van der Waals surface area contributed by atoms with Gasteiger partial charge < -0.3 is 9.47 Å². The Morgan fingerprint density at radius 2 is 2.00 bits per heavy atom. The van der Waals surface area contributed by atoms with Crippen LogP contribution in [-0.2, 0) is 25.0 Å². The van der Waals surface area contributed by atoms with Crippen LogP contribution >= 0.6 is 10.7 Å². The average Bonchev–Trinajstić information content (AvgIpc) is 2.27. The van der Waals surface area contributed by atoms with Crippen LogP contribution in [-0.4, -0.2) is 28.6 Å². The van der Waals surface area contributed by atoms with Gasteiger partial charge in [-0.05, 0) is 17.7 Å². The number of hydrogen-bond donors (Lipinski definition) is 0. The Hall–Kier alpha value is -1.27. The number of benzene rings is 1. The van der Waals surface area contributed by atoms with E-state index in [4.69, 9.17) is 15.4 Å². The zero-order valence-electron chi connectivity index (χ0n) is 9.27. The Labute approximate surface area is 104 Å². The fourth-order valence-electron chi connectivity index (χ4n) is 1.26. The lowest BCUT2D eigenvalue weighted by Gasteiger charge is -2.07. The Bertz CT molecular complexity index is 523. The molecule has 17 heavy (non-hydrogen) atoms. The van der Waals surface area contributed by atoms with Crippen LogP contribution in [0, 0.1) is 0 Å². The van der Waals surface area contributed by atoms with Gasteiger partial charge in [-0.1, -0.05) is 6.07 Å². The van der Waals surface area contributed by atoms with Gasteiger partial charge in [-0.3, -0.25) is 4.79 Å². The van der Waals surface area contributed by atoms with Gasteiger partial charge in [0.2, 0.25) is 0 Å². The molecule has 0 saturated carbocycles. The Balaban J connectivity index is 3.19. The zero-order valence-corrected chi connectivity index (χ0v) is 10.8. The summed E-state index contributed by atoms with van der Waals surface area (Å²) in [5, 5.41) is 0. The van der Waals surface area contributed by atoms with Crippen LogP contribution in [0.3, 0.4) is 0 Å². The monoisotopic (exact) mass is 278 g/mol. The Kier molecular flexibility index (Phi) is 4.36. The van der Waals surface area contributed by atoms with Crippen molar-refractivity contribution in [3.63, 3.8) is 0 Å². The predicted octanol–water partition coefficient (Wildman–Crippen LogP) is 1.34. The normalized spacial score (nSPS) is 11.0. The number of carbonyl (C=O) groups excluding carboxylic acids is 1. The molecule has 0 aliphatic rings. The molecule has 0 aromatic heterocycles. The molecule has 7 heteroatoms. The first-order valence-corrected chi connectivity index (χ1v) is 6.88. The molecule has 0 unspecified atom stereocenters. The first-order chi connectivity index (χ1) is 7.88. The van der Waals surface area contributed by atoms with Gasteiger partial charge in [0.05, 0.1) is 20.6 Å². The number of hydrogen-bond acceptors (Lipinski definition) is 5. The van der Waals surface area contributed by atoms with E-state index in [0.717, 1.165) is 0 Å². The van der Waals surface area contributed by atoms with Gasteiger partial charge in [0.15, 0.2) is 0 Å². The maximum Gasteiger partial charge on any atom is 0.309 e. The van der Waals surface area contributed by atoms with Crippen molar-refractivity contribution < 1.29 is 22.7 Å². The van der Waals surface area contributed by atoms with Crippen LogP contribution in [0.4, 0.5) is 0 Å². The van der Waals surface area contributed by atoms with E-state index in [1.807, 2.05) is 0 Å². The molecule has 0 spiro atoms. The first kappa shape index (κ1) is 13.8. The molecule has 1 rings (SSSR count). The summed E-state index contributed by atoms with van der Waals surface area (Å²) in [4.78, 5) is 10.9. The maximum absolute atomic E-state index is 11.3. The van der Waals surface area contributed by atoms with Crippen LogP contribution in [0.15, 0.2) is 23.1 Å². The fourth-order valence-corrected chi connectivity index (χ4v) is 2.31. The quantitative estimate of drug-likeness (QED) is 0.614. The lowest BCUT2D eigenvalue weighted by Crippen LogP contribution is -2.05. The van der Waals surface area contributed by atoms with E-state index in [0.29, 0.717) is 5.56 Å². The molecule has 0 aliphatic carbocycles. The number of carbonyl (C=O) groups is 1. The van der Waals surface area contributed by atoms with E-state index in [2.05, 4.69) is 4.74 Å². The highest BCUT2D eigenvalue weighted by atomic mass is 35.7. The minimum atomic E-state index is -3.92. The third kappa shape index (κ3) is 3.61. The second-order valence-corrected chi connectivity index (χ2v) is 5.71. The number of ether oxygens (including phenoxy) is 2. The summed E-state index contributed by atoms with van der Waals surface area (Å²) in [7, 11) is 3.93. The Morgan fingerprint density at radius 3 is 2.47 bits per heavy atom. The first-order valence-electron chi connectivity index (χ1n) is 4.57. The van der Waals surface area contributed by atoms with Crippen molar-refractivity contribution in [3.05, 3.63) is 23.8 Å². The highest BCUT2D eigenvalue weighted by molar-refractivity contribution is 8.13. The molecule has 0 aliphatic heterocycles. The van der Waals surface area contributed by atoms with E-state index in [9.17, 15) is 13.2 Å². The minimum absolute atomic E-state index is 0.0279. The lowest BCUT2D eigenvalue weighted by atomic mass is 10.1. The molecule has 5 nitrogen and oxygen atoms in total. The SMILES string of the molecule is COC(=O)Cc1ccc(OC)c(S(=O)(=O)Cl)c1. The number of methoxy groups -OCH3 is 2. The summed E-state index contributed by atoms with van der Waals surface area (Å²) in [6, 6.07) is 4.30. The average molecular weight is 279 g/mol. The highest BCUT2D eigenvalue weighted by Crippen LogP contribution is 2.27. The third-order valence-corrected chi connectivity index (χ3v) is 3.41. The van der Waals surface area contributed by atoms with Crippen LogP contribution in [0.2, 0.25) is 0 Å². The lowest BCUT2D eigenvalue weighted by molar-refractivity contribution is -0.139. The molecule has 0 atom stereocenters. The van der Waals surface area contributed by atoms with Gasteiger partial charge >= 0.3 is 5.97 Å². The van der Waals surface area contributed by atoms with Crippen LogP contribution < -0.4 is 4.74 Å². The van der Waals surface area contributed by atoms with Crippen molar-refractivity contribution in [2.45, 2.75) is 11.3 Å². The van der Waals surface area contributed by atoms with Crippen LogP contribution in [0.1, 0.15) is 5.56 Å². The van der Waals surface area contributed by atoms with Gasteiger partial charge in [0.25, 0.3) is 9.05 Å². The summed E-state index contributed by atoms with van der Waals surface area (Å²) < 4.78 is 31.9. The molecular formula is C10H11ClO5S. The smallest absolute Gasteiger partial charge is 0.309 e. The second kappa shape index (κ2) is 5.37. The standard InChI is InChI=1S/C10H11ClO5S/c1-15-8-4-3-7(6-10(12)16-2)5-9(8)17(11,13)14/h3-5H,6H2,1-2H3. The van der Waals surface area contributed by atoms with Crippen LogP contribution in [0.25, 0.3) is 0 Å². The summed E-state index contributed by atoms with van der Waals surface area (Å²) in [5.74, 6) is -0.332. The summed E-state index contributed by atoms with van der Waals surface area (Å²) in [6.45, 7) is 0. The van der Waals surface area contributed by atoms with E-state index in [1.165, 1.54) is 26.4 Å². The molecule has 0 amide bonds. The summed E-state index contributed by atoms with van der Waals surface area (Å²) in [5.41, 5.74) is 0.483. The van der Waals surface area contributed by atoms with E-state index in [-0.39, 0.29) is 17.1 Å². The predicted molar refractivity (Wildman–Crippen MR) is 61.8 cm³/mol. The second-order valence-electron chi connectivity index (χ2n) is 3.18. The van der Waals surface area contributed by atoms with Crippen molar-refractivity contribution in [2.75, 3.05) is 14.2 Å². The molecular weight excluding hydrogens is 268 g/mol. The van der Waals surface area contributed by atoms with Crippen molar-refractivity contribution in [3.8, 4) is 5.75 Å². The molecule has 1 aromatic rings.